The molecule has 28 heavy (non-hydrogen) atoms. The molecule has 2 saturated heterocycles. The maximum atomic E-state index is 13.2. The number of amides is 1. The molecule has 2 N–H and O–H groups in total. The van der Waals surface area contributed by atoms with Crippen molar-refractivity contribution in [3.8, 4) is 0 Å². The highest BCUT2D eigenvalue weighted by Gasteiger charge is 2.39. The van der Waals surface area contributed by atoms with Crippen molar-refractivity contribution in [1.29, 1.82) is 0 Å². The lowest BCUT2D eigenvalue weighted by Gasteiger charge is -2.38. The van der Waals surface area contributed by atoms with E-state index in [0.29, 0.717) is 31.6 Å². The molecule has 9 heteroatoms. The topological polar surface area (TPSA) is 101 Å². The zero-order valence-corrected chi connectivity index (χ0v) is 17.7. The van der Waals surface area contributed by atoms with Gasteiger partial charge in [-0.15, -0.1) is 12.4 Å². The second-order valence-electron chi connectivity index (χ2n) is 7.37. The molecule has 0 spiro atoms. The molecule has 0 radical (unpaired) electrons. The number of piperidine rings is 2. The van der Waals surface area contributed by atoms with Crippen LogP contribution in [0.15, 0.2) is 29.2 Å². The molecular weight excluding hydrogens is 402 g/mol. The van der Waals surface area contributed by atoms with Gasteiger partial charge in [0.1, 0.15) is 6.04 Å². The number of sulfonamides is 1. The minimum atomic E-state index is -3.80. The molecule has 2 fully saturated rings. The minimum Gasteiger partial charge on any atom is -0.341 e. The average Bonchev–Trinajstić information content (AvgIpc) is 2.68. The second-order valence-corrected chi connectivity index (χ2v) is 9.26. The molecule has 0 bridgehead atoms. The molecule has 1 amide bonds. The van der Waals surface area contributed by atoms with Gasteiger partial charge in [0.05, 0.1) is 4.90 Å². The van der Waals surface area contributed by atoms with Crippen LogP contribution in [0.3, 0.4) is 0 Å². The number of rotatable bonds is 4. The molecule has 0 saturated carbocycles. The first-order valence-electron chi connectivity index (χ1n) is 9.48. The van der Waals surface area contributed by atoms with E-state index in [4.69, 9.17) is 5.73 Å². The number of ketones is 1. The molecule has 1 aromatic rings. The molecule has 0 aromatic heterocycles. The molecular formula is C19H28ClN3O4S. The van der Waals surface area contributed by atoms with Gasteiger partial charge in [0, 0.05) is 31.2 Å². The number of nitrogens with two attached hydrogens (primary N) is 1. The number of nitrogens with zero attached hydrogens (tertiary/aromatic N) is 2. The number of carbonyl (C=O) groups excluding carboxylic acids is 2. The standard InChI is InChI=1S/C19H27N3O4S.ClH/c1-14(23)15-5-7-17(8-6-15)27(25,26)22-11-3-2-4-18(22)19(24)21-12-9-16(20)10-13-21;/h5-8,16,18H,2-4,9-13,20H2,1H3;1H. The van der Waals surface area contributed by atoms with Gasteiger partial charge in [-0.25, -0.2) is 8.42 Å². The number of halogens is 1. The summed E-state index contributed by atoms with van der Waals surface area (Å²) in [4.78, 5) is 26.3. The van der Waals surface area contributed by atoms with Gasteiger partial charge >= 0.3 is 0 Å². The normalized spacial score (nSPS) is 21.8. The molecule has 2 aliphatic rings. The third-order valence-electron chi connectivity index (χ3n) is 5.46. The Morgan fingerprint density at radius 2 is 1.61 bits per heavy atom. The van der Waals surface area contributed by atoms with Gasteiger partial charge in [0.2, 0.25) is 15.9 Å². The van der Waals surface area contributed by atoms with Crippen LogP contribution in [0.1, 0.15) is 49.4 Å². The molecule has 0 aliphatic carbocycles. The Kier molecular flexibility index (Phi) is 7.61. The first-order valence-corrected chi connectivity index (χ1v) is 10.9. The van der Waals surface area contributed by atoms with Crippen LogP contribution >= 0.6 is 12.4 Å². The van der Waals surface area contributed by atoms with Gasteiger partial charge in [0.15, 0.2) is 5.78 Å². The Labute approximate surface area is 172 Å². The lowest BCUT2D eigenvalue weighted by Crippen LogP contribution is -2.55. The lowest BCUT2D eigenvalue weighted by molar-refractivity contribution is -0.137. The summed E-state index contributed by atoms with van der Waals surface area (Å²) in [6.45, 7) is 2.93. The second kappa shape index (κ2) is 9.35. The number of Topliss-reactive ketones (excluding diaryl/α,β-unsaturated/α-hetero) is 1. The van der Waals surface area contributed by atoms with Crippen LogP contribution in [-0.2, 0) is 14.8 Å². The Morgan fingerprint density at radius 3 is 2.18 bits per heavy atom. The Morgan fingerprint density at radius 1 is 1.00 bits per heavy atom. The van der Waals surface area contributed by atoms with Crippen molar-refractivity contribution < 1.29 is 18.0 Å². The van der Waals surface area contributed by atoms with Crippen LogP contribution in [0.5, 0.6) is 0 Å². The SMILES string of the molecule is CC(=O)c1ccc(S(=O)(=O)N2CCCCC2C(=O)N2CCC(N)CC2)cc1.Cl. The summed E-state index contributed by atoms with van der Waals surface area (Å²) in [6.07, 6.45) is 3.60. The molecule has 1 atom stereocenters. The van der Waals surface area contributed by atoms with Crippen molar-refractivity contribution in [3.63, 3.8) is 0 Å². The first-order chi connectivity index (χ1) is 12.8. The fourth-order valence-electron chi connectivity index (χ4n) is 3.77. The predicted molar refractivity (Wildman–Crippen MR) is 109 cm³/mol. The predicted octanol–water partition coefficient (Wildman–Crippen LogP) is 1.80. The van der Waals surface area contributed by atoms with E-state index in [2.05, 4.69) is 0 Å². The summed E-state index contributed by atoms with van der Waals surface area (Å²) < 4.78 is 27.7. The lowest BCUT2D eigenvalue weighted by atomic mass is 10.0. The first kappa shape index (κ1) is 22.8. The van der Waals surface area contributed by atoms with Gasteiger partial charge in [-0.05, 0) is 44.7 Å². The molecule has 2 heterocycles. The number of hydrogen-bond donors (Lipinski definition) is 1. The Bertz CT molecular complexity index is 805. The fourth-order valence-corrected chi connectivity index (χ4v) is 5.42. The Balaban J connectivity index is 0.00000280. The molecule has 2 aliphatic heterocycles. The Hall–Kier alpha value is -1.48. The third kappa shape index (κ3) is 4.74. The number of likely N-dealkylation sites (tertiary alicyclic amines) is 1. The van der Waals surface area contributed by atoms with E-state index in [1.807, 2.05) is 0 Å². The van der Waals surface area contributed by atoms with Crippen LogP contribution in [0.2, 0.25) is 0 Å². The van der Waals surface area contributed by atoms with Crippen molar-refractivity contribution >= 4 is 34.1 Å². The monoisotopic (exact) mass is 429 g/mol. The molecule has 7 nitrogen and oxygen atoms in total. The van der Waals surface area contributed by atoms with Gasteiger partial charge in [-0.1, -0.05) is 18.6 Å². The highest BCUT2D eigenvalue weighted by Crippen LogP contribution is 2.27. The van der Waals surface area contributed by atoms with Gasteiger partial charge in [-0.2, -0.15) is 4.31 Å². The van der Waals surface area contributed by atoms with Crippen LogP contribution < -0.4 is 5.73 Å². The van der Waals surface area contributed by atoms with Crippen molar-refractivity contribution in [2.75, 3.05) is 19.6 Å². The number of benzene rings is 1. The van der Waals surface area contributed by atoms with E-state index in [1.54, 1.807) is 4.90 Å². The largest absolute Gasteiger partial charge is 0.341 e. The zero-order valence-electron chi connectivity index (χ0n) is 16.0. The van der Waals surface area contributed by atoms with E-state index in [9.17, 15) is 18.0 Å². The smallest absolute Gasteiger partial charge is 0.243 e. The third-order valence-corrected chi connectivity index (χ3v) is 7.38. The minimum absolute atomic E-state index is 0. The van der Waals surface area contributed by atoms with Gasteiger partial charge in [0.25, 0.3) is 0 Å². The molecule has 1 aromatic carbocycles. The maximum absolute atomic E-state index is 13.2. The fraction of sp³-hybridized carbons (Fsp3) is 0.579. The van der Waals surface area contributed by atoms with Crippen molar-refractivity contribution in [1.82, 2.24) is 9.21 Å². The van der Waals surface area contributed by atoms with Crippen LogP contribution in [0.4, 0.5) is 0 Å². The van der Waals surface area contributed by atoms with Gasteiger partial charge in [-0.3, -0.25) is 9.59 Å². The van der Waals surface area contributed by atoms with Gasteiger partial charge < -0.3 is 10.6 Å². The summed E-state index contributed by atoms with van der Waals surface area (Å²) >= 11 is 0. The summed E-state index contributed by atoms with van der Waals surface area (Å²) in [5, 5.41) is 0. The van der Waals surface area contributed by atoms with E-state index in [1.165, 1.54) is 35.5 Å². The van der Waals surface area contributed by atoms with Crippen LogP contribution in [-0.4, -0.2) is 61.0 Å². The van der Waals surface area contributed by atoms with E-state index >= 15 is 0 Å². The zero-order chi connectivity index (χ0) is 19.6. The van der Waals surface area contributed by atoms with Crippen LogP contribution in [0, 0.1) is 0 Å². The summed E-state index contributed by atoms with van der Waals surface area (Å²) in [6, 6.07) is 5.37. The number of carbonyl (C=O) groups is 2. The van der Waals surface area contributed by atoms with E-state index < -0.39 is 16.1 Å². The summed E-state index contributed by atoms with van der Waals surface area (Å²) in [5.41, 5.74) is 6.38. The average molecular weight is 430 g/mol. The number of hydrogen-bond acceptors (Lipinski definition) is 5. The quantitative estimate of drug-likeness (QED) is 0.735. The van der Waals surface area contributed by atoms with E-state index in [-0.39, 0.29) is 35.0 Å². The van der Waals surface area contributed by atoms with Crippen molar-refractivity contribution in [3.05, 3.63) is 29.8 Å². The maximum Gasteiger partial charge on any atom is 0.243 e. The highest BCUT2D eigenvalue weighted by molar-refractivity contribution is 7.89. The molecule has 3 rings (SSSR count). The van der Waals surface area contributed by atoms with E-state index in [0.717, 1.165) is 25.7 Å². The summed E-state index contributed by atoms with van der Waals surface area (Å²) in [7, 11) is -3.80. The molecule has 1 unspecified atom stereocenters. The van der Waals surface area contributed by atoms with Crippen molar-refractivity contribution in [2.24, 2.45) is 5.73 Å². The van der Waals surface area contributed by atoms with Crippen molar-refractivity contribution in [2.45, 2.75) is 56.0 Å². The highest BCUT2D eigenvalue weighted by atomic mass is 35.5. The summed E-state index contributed by atoms with van der Waals surface area (Å²) in [5.74, 6) is -0.237. The molecule has 156 valence electrons. The van der Waals surface area contributed by atoms with Crippen LogP contribution in [0.25, 0.3) is 0 Å².